The van der Waals surface area contributed by atoms with Gasteiger partial charge in [-0.2, -0.15) is 0 Å². The summed E-state index contributed by atoms with van der Waals surface area (Å²) in [6.07, 6.45) is 10.1. The van der Waals surface area contributed by atoms with Gasteiger partial charge in [0.1, 0.15) is 0 Å². The summed E-state index contributed by atoms with van der Waals surface area (Å²) in [5.41, 5.74) is 3.17. The van der Waals surface area contributed by atoms with Crippen LogP contribution in [0.3, 0.4) is 0 Å². The van der Waals surface area contributed by atoms with Gasteiger partial charge in [-0.15, -0.1) is 0 Å². The van der Waals surface area contributed by atoms with Crippen molar-refractivity contribution in [1.82, 2.24) is 10.3 Å². The molecule has 0 spiro atoms. The molecule has 0 aliphatic heterocycles. The summed E-state index contributed by atoms with van der Waals surface area (Å²) in [5.74, 6) is 0.690. The molecule has 2 aromatic rings. The number of nitrogens with zero attached hydrogens (tertiary/aromatic N) is 1. The van der Waals surface area contributed by atoms with Crippen LogP contribution in [0, 0.1) is 0 Å². The maximum Gasteiger partial charge on any atom is 0.319 e. The summed E-state index contributed by atoms with van der Waals surface area (Å²) in [4.78, 5) is 16.0. The number of anilines is 2. The number of hydrogen-bond acceptors (Lipinski definition) is 3. The molecule has 0 bridgehead atoms. The van der Waals surface area contributed by atoms with Crippen molar-refractivity contribution >= 4 is 17.4 Å². The Balaban J connectivity index is 1.38. The molecule has 5 nitrogen and oxygen atoms in total. The first-order valence-electron chi connectivity index (χ1n) is 9.10. The van der Waals surface area contributed by atoms with Crippen LogP contribution in [0.15, 0.2) is 48.8 Å². The molecule has 3 rings (SSSR count). The number of aromatic nitrogens is 1. The second-order valence-corrected chi connectivity index (χ2v) is 6.51. The van der Waals surface area contributed by atoms with Crippen molar-refractivity contribution in [2.45, 2.75) is 38.0 Å². The van der Waals surface area contributed by atoms with Crippen molar-refractivity contribution in [3.63, 3.8) is 0 Å². The third kappa shape index (κ3) is 5.48. The fourth-order valence-corrected chi connectivity index (χ4v) is 3.30. The van der Waals surface area contributed by atoms with Gasteiger partial charge in [-0.1, -0.05) is 31.4 Å². The topological polar surface area (TPSA) is 66.0 Å². The van der Waals surface area contributed by atoms with E-state index >= 15 is 0 Å². The molecule has 0 saturated heterocycles. The van der Waals surface area contributed by atoms with E-state index in [1.807, 2.05) is 24.3 Å². The summed E-state index contributed by atoms with van der Waals surface area (Å²) >= 11 is 0. The van der Waals surface area contributed by atoms with E-state index < -0.39 is 0 Å². The Bertz CT molecular complexity index is 651. The van der Waals surface area contributed by atoms with Gasteiger partial charge in [0.15, 0.2) is 0 Å². The Morgan fingerprint density at radius 2 is 1.80 bits per heavy atom. The first-order valence-corrected chi connectivity index (χ1v) is 9.10. The molecule has 1 heterocycles. The first kappa shape index (κ1) is 17.3. The van der Waals surface area contributed by atoms with Crippen molar-refractivity contribution in [2.75, 3.05) is 23.7 Å². The molecule has 0 unspecified atom stereocenters. The molecule has 132 valence electrons. The van der Waals surface area contributed by atoms with Gasteiger partial charge in [0.25, 0.3) is 0 Å². The predicted octanol–water partition coefficient (Wildman–Crippen LogP) is 4.36. The van der Waals surface area contributed by atoms with Crippen molar-refractivity contribution < 1.29 is 4.79 Å². The van der Waals surface area contributed by atoms with E-state index in [1.165, 1.54) is 37.7 Å². The van der Waals surface area contributed by atoms with Crippen LogP contribution in [0.1, 0.15) is 43.6 Å². The van der Waals surface area contributed by atoms with Crippen molar-refractivity contribution in [3.05, 3.63) is 54.4 Å². The number of pyridine rings is 1. The van der Waals surface area contributed by atoms with Gasteiger partial charge in [0.2, 0.25) is 0 Å². The predicted molar refractivity (Wildman–Crippen MR) is 102 cm³/mol. The van der Waals surface area contributed by atoms with E-state index in [1.54, 1.807) is 12.4 Å². The lowest BCUT2D eigenvalue weighted by Crippen LogP contribution is -2.32. The minimum Gasteiger partial charge on any atom is -0.382 e. The van der Waals surface area contributed by atoms with Crippen LogP contribution in [-0.4, -0.2) is 24.1 Å². The van der Waals surface area contributed by atoms with Crippen molar-refractivity contribution in [3.8, 4) is 0 Å². The van der Waals surface area contributed by atoms with Crippen LogP contribution in [0.2, 0.25) is 0 Å². The molecule has 1 aromatic heterocycles. The highest BCUT2D eigenvalue weighted by Crippen LogP contribution is 2.32. The lowest BCUT2D eigenvalue weighted by Gasteiger charge is -2.22. The van der Waals surface area contributed by atoms with E-state index in [2.05, 4.69) is 33.1 Å². The van der Waals surface area contributed by atoms with Crippen molar-refractivity contribution in [2.24, 2.45) is 0 Å². The largest absolute Gasteiger partial charge is 0.382 e. The molecular weight excluding hydrogens is 312 g/mol. The Kier molecular flexibility index (Phi) is 6.26. The van der Waals surface area contributed by atoms with Gasteiger partial charge in [-0.25, -0.2) is 4.79 Å². The molecule has 1 saturated carbocycles. The Morgan fingerprint density at radius 1 is 1.00 bits per heavy atom. The molecular formula is C20H26N4O. The highest BCUT2D eigenvalue weighted by Gasteiger charge is 2.15. The molecule has 1 aliphatic carbocycles. The summed E-state index contributed by atoms with van der Waals surface area (Å²) in [6.45, 7) is 1.20. The van der Waals surface area contributed by atoms with Gasteiger partial charge in [0.05, 0.1) is 5.69 Å². The Labute approximate surface area is 149 Å². The van der Waals surface area contributed by atoms with E-state index in [-0.39, 0.29) is 6.03 Å². The summed E-state index contributed by atoms with van der Waals surface area (Å²) in [5, 5.41) is 8.93. The SMILES string of the molecule is O=C(NCCNc1cccnc1)Nc1ccc(C2CCCCC2)cc1. The highest BCUT2D eigenvalue weighted by molar-refractivity contribution is 5.89. The van der Waals surface area contributed by atoms with Gasteiger partial charge in [-0.05, 0) is 48.6 Å². The zero-order valence-corrected chi connectivity index (χ0v) is 14.5. The fourth-order valence-electron chi connectivity index (χ4n) is 3.30. The van der Waals surface area contributed by atoms with Crippen molar-refractivity contribution in [1.29, 1.82) is 0 Å². The molecule has 25 heavy (non-hydrogen) atoms. The summed E-state index contributed by atoms with van der Waals surface area (Å²) < 4.78 is 0. The molecule has 2 amide bonds. The van der Waals surface area contributed by atoms with Crippen LogP contribution in [-0.2, 0) is 0 Å². The number of carbonyl (C=O) groups is 1. The second kappa shape index (κ2) is 9.06. The van der Waals surface area contributed by atoms with E-state index in [0.717, 1.165) is 11.4 Å². The number of amides is 2. The third-order valence-electron chi connectivity index (χ3n) is 4.65. The van der Waals surface area contributed by atoms with Crippen LogP contribution < -0.4 is 16.0 Å². The molecule has 0 atom stereocenters. The zero-order chi connectivity index (χ0) is 17.3. The lowest BCUT2D eigenvalue weighted by atomic mass is 9.84. The molecule has 3 N–H and O–H groups in total. The highest BCUT2D eigenvalue weighted by atomic mass is 16.2. The van der Waals surface area contributed by atoms with Gasteiger partial charge < -0.3 is 16.0 Å². The van der Waals surface area contributed by atoms with Crippen LogP contribution in [0.5, 0.6) is 0 Å². The second-order valence-electron chi connectivity index (χ2n) is 6.51. The molecule has 1 aliphatic rings. The maximum absolute atomic E-state index is 11.9. The third-order valence-corrected chi connectivity index (χ3v) is 4.65. The number of carbonyl (C=O) groups excluding carboxylic acids is 1. The summed E-state index contributed by atoms with van der Waals surface area (Å²) in [6, 6.07) is 11.9. The lowest BCUT2D eigenvalue weighted by molar-refractivity contribution is 0.252. The smallest absolute Gasteiger partial charge is 0.319 e. The number of nitrogens with one attached hydrogen (secondary N) is 3. The number of urea groups is 1. The monoisotopic (exact) mass is 338 g/mol. The van der Waals surface area contributed by atoms with Gasteiger partial charge >= 0.3 is 6.03 Å². The standard InChI is InChI=1S/C20H26N4O/c25-20(23-14-13-22-19-7-4-12-21-15-19)24-18-10-8-17(9-11-18)16-5-2-1-3-6-16/h4,7-12,15-16,22H,1-3,5-6,13-14H2,(H2,23,24,25). The molecule has 5 heteroatoms. The minimum absolute atomic E-state index is 0.182. The van der Waals surface area contributed by atoms with Crippen LogP contribution in [0.25, 0.3) is 0 Å². The normalized spacial score (nSPS) is 14.7. The Hall–Kier alpha value is -2.56. The zero-order valence-electron chi connectivity index (χ0n) is 14.5. The van der Waals surface area contributed by atoms with E-state index in [4.69, 9.17) is 0 Å². The van der Waals surface area contributed by atoms with Crippen LogP contribution in [0.4, 0.5) is 16.2 Å². The van der Waals surface area contributed by atoms with Gasteiger partial charge in [0, 0.05) is 31.2 Å². The van der Waals surface area contributed by atoms with E-state index in [0.29, 0.717) is 19.0 Å². The average molecular weight is 338 g/mol. The molecule has 1 aromatic carbocycles. The quantitative estimate of drug-likeness (QED) is 0.686. The average Bonchev–Trinajstić information content (AvgIpc) is 2.67. The van der Waals surface area contributed by atoms with Gasteiger partial charge in [-0.3, -0.25) is 4.98 Å². The molecule has 1 fully saturated rings. The molecule has 0 radical (unpaired) electrons. The maximum atomic E-state index is 11.9. The number of benzene rings is 1. The summed E-state index contributed by atoms with van der Waals surface area (Å²) in [7, 11) is 0. The Morgan fingerprint density at radius 3 is 2.52 bits per heavy atom. The number of hydrogen-bond donors (Lipinski definition) is 3. The van der Waals surface area contributed by atoms with Crippen LogP contribution >= 0.6 is 0 Å². The fraction of sp³-hybridized carbons (Fsp3) is 0.400. The number of rotatable bonds is 6. The first-order chi connectivity index (χ1) is 12.3. The minimum atomic E-state index is -0.182. The van der Waals surface area contributed by atoms with E-state index in [9.17, 15) is 4.79 Å².